The zero-order valence-electron chi connectivity index (χ0n) is 6.91. The predicted octanol–water partition coefficient (Wildman–Crippen LogP) is 2.00. The molecule has 0 radical (unpaired) electrons. The molecule has 2 rings (SSSR count). The van der Waals surface area contributed by atoms with Crippen molar-refractivity contribution < 1.29 is 9.53 Å². The molecular weight excluding hydrogens is 152 g/mol. The lowest BCUT2D eigenvalue weighted by Crippen LogP contribution is -1.93. The van der Waals surface area contributed by atoms with Gasteiger partial charge >= 0.3 is 0 Å². The first-order valence-corrected chi connectivity index (χ1v) is 4.03. The van der Waals surface area contributed by atoms with Crippen LogP contribution in [-0.4, -0.2) is 12.9 Å². The van der Waals surface area contributed by atoms with Gasteiger partial charge in [0.05, 0.1) is 6.61 Å². The number of fused-ring (bicyclic) bond motifs is 1. The molecule has 1 unspecified atom stereocenters. The molecule has 0 bridgehead atoms. The number of rotatable bonds is 1. The van der Waals surface area contributed by atoms with Crippen molar-refractivity contribution in [3.05, 3.63) is 29.3 Å². The Labute approximate surface area is 71.2 Å². The van der Waals surface area contributed by atoms with Gasteiger partial charge in [-0.25, -0.2) is 0 Å². The van der Waals surface area contributed by atoms with Crippen LogP contribution in [0.4, 0.5) is 0 Å². The SMILES string of the molecule is CC1COc2ccc(C=O)cc21. The van der Waals surface area contributed by atoms with Crippen molar-refractivity contribution in [3.63, 3.8) is 0 Å². The van der Waals surface area contributed by atoms with E-state index in [1.807, 2.05) is 12.1 Å². The van der Waals surface area contributed by atoms with Crippen LogP contribution in [0.1, 0.15) is 28.8 Å². The Hall–Kier alpha value is -1.31. The van der Waals surface area contributed by atoms with Crippen molar-refractivity contribution in [2.45, 2.75) is 12.8 Å². The Morgan fingerprint density at radius 2 is 2.42 bits per heavy atom. The molecule has 1 atom stereocenters. The van der Waals surface area contributed by atoms with Gasteiger partial charge in [-0.2, -0.15) is 0 Å². The molecule has 0 saturated carbocycles. The van der Waals surface area contributed by atoms with E-state index in [-0.39, 0.29) is 0 Å². The predicted molar refractivity (Wildman–Crippen MR) is 45.7 cm³/mol. The normalized spacial score (nSPS) is 19.9. The molecule has 0 aromatic heterocycles. The van der Waals surface area contributed by atoms with E-state index in [2.05, 4.69) is 6.92 Å². The van der Waals surface area contributed by atoms with Crippen LogP contribution in [0.2, 0.25) is 0 Å². The molecule has 1 aliphatic rings. The zero-order valence-corrected chi connectivity index (χ0v) is 6.91. The highest BCUT2D eigenvalue weighted by Crippen LogP contribution is 2.33. The van der Waals surface area contributed by atoms with Gasteiger partial charge in [0.2, 0.25) is 0 Å². The summed E-state index contributed by atoms with van der Waals surface area (Å²) in [5.41, 5.74) is 1.88. The average Bonchev–Trinajstić information content (AvgIpc) is 2.47. The summed E-state index contributed by atoms with van der Waals surface area (Å²) < 4.78 is 5.39. The third-order valence-corrected chi connectivity index (χ3v) is 2.19. The summed E-state index contributed by atoms with van der Waals surface area (Å²) in [5, 5.41) is 0. The van der Waals surface area contributed by atoms with E-state index in [9.17, 15) is 4.79 Å². The van der Waals surface area contributed by atoms with Gasteiger partial charge < -0.3 is 4.74 Å². The Balaban J connectivity index is 2.50. The summed E-state index contributed by atoms with van der Waals surface area (Å²) in [6, 6.07) is 5.55. The second-order valence-electron chi connectivity index (χ2n) is 3.13. The number of carbonyl (C=O) groups excluding carboxylic acids is 1. The molecule has 0 N–H and O–H groups in total. The lowest BCUT2D eigenvalue weighted by atomic mass is 10.0. The minimum atomic E-state index is 0.417. The van der Waals surface area contributed by atoms with Crippen LogP contribution in [0.15, 0.2) is 18.2 Å². The highest BCUT2D eigenvalue weighted by molar-refractivity contribution is 5.76. The van der Waals surface area contributed by atoms with E-state index in [0.717, 1.165) is 29.8 Å². The lowest BCUT2D eigenvalue weighted by molar-refractivity contribution is 0.112. The van der Waals surface area contributed by atoms with Crippen molar-refractivity contribution >= 4 is 6.29 Å². The largest absolute Gasteiger partial charge is 0.493 e. The van der Waals surface area contributed by atoms with E-state index in [4.69, 9.17) is 4.74 Å². The van der Waals surface area contributed by atoms with E-state index < -0.39 is 0 Å². The fourth-order valence-corrected chi connectivity index (χ4v) is 1.46. The third-order valence-electron chi connectivity index (χ3n) is 2.19. The molecule has 0 saturated heterocycles. The van der Waals surface area contributed by atoms with Gasteiger partial charge in [0.25, 0.3) is 0 Å². The molecule has 0 fully saturated rings. The first kappa shape index (κ1) is 7.35. The Morgan fingerprint density at radius 3 is 3.17 bits per heavy atom. The number of hydrogen-bond donors (Lipinski definition) is 0. The van der Waals surface area contributed by atoms with Gasteiger partial charge in [-0.3, -0.25) is 4.79 Å². The van der Waals surface area contributed by atoms with Crippen molar-refractivity contribution in [2.75, 3.05) is 6.61 Å². The first-order valence-electron chi connectivity index (χ1n) is 4.03. The second kappa shape index (κ2) is 2.63. The molecule has 1 aliphatic heterocycles. The summed E-state index contributed by atoms with van der Waals surface area (Å²) in [6.07, 6.45) is 0.866. The fourth-order valence-electron chi connectivity index (χ4n) is 1.46. The van der Waals surface area contributed by atoms with Crippen LogP contribution in [-0.2, 0) is 0 Å². The maximum absolute atomic E-state index is 10.5. The number of ether oxygens (including phenoxy) is 1. The third kappa shape index (κ3) is 0.998. The Bertz CT molecular complexity index is 318. The molecule has 1 aromatic carbocycles. The molecular formula is C10H10O2. The Kier molecular flexibility index (Phi) is 1.61. The van der Waals surface area contributed by atoms with Crippen molar-refractivity contribution in [1.29, 1.82) is 0 Å². The van der Waals surface area contributed by atoms with Crippen molar-refractivity contribution in [3.8, 4) is 5.75 Å². The van der Waals surface area contributed by atoms with Gasteiger partial charge in [-0.1, -0.05) is 6.92 Å². The number of aldehydes is 1. The molecule has 2 heteroatoms. The van der Waals surface area contributed by atoms with Gasteiger partial charge in [0.1, 0.15) is 12.0 Å². The molecule has 62 valence electrons. The molecule has 1 aromatic rings. The fraction of sp³-hybridized carbons (Fsp3) is 0.300. The monoisotopic (exact) mass is 162 g/mol. The van der Waals surface area contributed by atoms with Crippen LogP contribution in [0.3, 0.4) is 0 Å². The number of benzene rings is 1. The quantitative estimate of drug-likeness (QED) is 0.590. The standard InChI is InChI=1S/C10H10O2/c1-7-6-12-10-3-2-8(5-11)4-9(7)10/h2-5,7H,6H2,1H3. The van der Waals surface area contributed by atoms with Gasteiger partial charge in [0, 0.05) is 17.0 Å². The van der Waals surface area contributed by atoms with E-state index >= 15 is 0 Å². The maximum Gasteiger partial charge on any atom is 0.150 e. The highest BCUT2D eigenvalue weighted by Gasteiger charge is 2.19. The van der Waals surface area contributed by atoms with Crippen molar-refractivity contribution in [2.24, 2.45) is 0 Å². The molecule has 0 spiro atoms. The highest BCUT2D eigenvalue weighted by atomic mass is 16.5. The van der Waals surface area contributed by atoms with Gasteiger partial charge in [-0.15, -0.1) is 0 Å². The first-order chi connectivity index (χ1) is 5.81. The summed E-state index contributed by atoms with van der Waals surface area (Å²) in [5.74, 6) is 1.34. The zero-order chi connectivity index (χ0) is 8.55. The van der Waals surface area contributed by atoms with Crippen LogP contribution < -0.4 is 4.74 Å². The smallest absolute Gasteiger partial charge is 0.150 e. The maximum atomic E-state index is 10.5. The summed E-state index contributed by atoms with van der Waals surface area (Å²) in [4.78, 5) is 10.5. The topological polar surface area (TPSA) is 26.3 Å². The van der Waals surface area contributed by atoms with Crippen LogP contribution >= 0.6 is 0 Å². The minimum Gasteiger partial charge on any atom is -0.493 e. The van der Waals surface area contributed by atoms with E-state index in [0.29, 0.717) is 5.92 Å². The lowest BCUT2D eigenvalue weighted by Gasteiger charge is -1.99. The summed E-state index contributed by atoms with van der Waals surface area (Å²) >= 11 is 0. The van der Waals surface area contributed by atoms with E-state index in [1.54, 1.807) is 6.07 Å². The molecule has 1 heterocycles. The molecule has 0 amide bonds. The van der Waals surface area contributed by atoms with Gasteiger partial charge in [-0.05, 0) is 18.2 Å². The summed E-state index contributed by atoms with van der Waals surface area (Å²) in [7, 11) is 0. The van der Waals surface area contributed by atoms with Crippen LogP contribution in [0, 0.1) is 0 Å². The van der Waals surface area contributed by atoms with Crippen molar-refractivity contribution in [1.82, 2.24) is 0 Å². The number of carbonyl (C=O) groups is 1. The van der Waals surface area contributed by atoms with E-state index in [1.165, 1.54) is 0 Å². The van der Waals surface area contributed by atoms with Crippen LogP contribution in [0.25, 0.3) is 0 Å². The average molecular weight is 162 g/mol. The summed E-state index contributed by atoms with van der Waals surface area (Å²) in [6.45, 7) is 2.83. The molecule has 12 heavy (non-hydrogen) atoms. The minimum absolute atomic E-state index is 0.417. The molecule has 2 nitrogen and oxygen atoms in total. The number of hydrogen-bond acceptors (Lipinski definition) is 2. The molecule has 0 aliphatic carbocycles. The Morgan fingerprint density at radius 1 is 1.58 bits per heavy atom. The van der Waals surface area contributed by atoms with Crippen LogP contribution in [0.5, 0.6) is 5.75 Å². The second-order valence-corrected chi connectivity index (χ2v) is 3.13. The van der Waals surface area contributed by atoms with Gasteiger partial charge in [0.15, 0.2) is 0 Å².